The lowest BCUT2D eigenvalue weighted by Gasteiger charge is -2.10. The first-order valence-corrected chi connectivity index (χ1v) is 6.36. The molecule has 2 rings (SSSR count). The molecule has 0 saturated heterocycles. The molecule has 0 aliphatic rings. The van der Waals surface area contributed by atoms with Gasteiger partial charge in [-0.05, 0) is 23.6 Å². The Morgan fingerprint density at radius 1 is 1.32 bits per heavy atom. The summed E-state index contributed by atoms with van der Waals surface area (Å²) in [6.45, 7) is 4.77. The average Bonchev–Trinajstić information content (AvgIpc) is 2.87. The monoisotopic (exact) mass is 261 g/mol. The van der Waals surface area contributed by atoms with E-state index in [0.29, 0.717) is 30.7 Å². The van der Waals surface area contributed by atoms with Crippen molar-refractivity contribution >= 4 is 0 Å². The fourth-order valence-corrected chi connectivity index (χ4v) is 1.84. The molecule has 0 amide bonds. The van der Waals surface area contributed by atoms with Crippen LogP contribution in [0.1, 0.15) is 31.2 Å². The van der Waals surface area contributed by atoms with Crippen LogP contribution in [0.2, 0.25) is 0 Å². The minimum Gasteiger partial charge on any atom is -0.496 e. The molecular weight excluding hydrogens is 242 g/mol. The Morgan fingerprint density at radius 2 is 2.11 bits per heavy atom. The molecule has 0 spiro atoms. The number of hydrogen-bond acceptors (Lipinski definition) is 5. The van der Waals surface area contributed by atoms with Crippen molar-refractivity contribution in [1.82, 2.24) is 10.2 Å². The zero-order valence-electron chi connectivity index (χ0n) is 11.5. The van der Waals surface area contributed by atoms with Crippen LogP contribution in [0.3, 0.4) is 0 Å². The molecule has 1 aromatic carbocycles. The van der Waals surface area contributed by atoms with Gasteiger partial charge in [-0.2, -0.15) is 0 Å². The summed E-state index contributed by atoms with van der Waals surface area (Å²) < 4.78 is 11.0. The first-order valence-electron chi connectivity index (χ1n) is 6.36. The Labute approximate surface area is 112 Å². The van der Waals surface area contributed by atoms with Crippen molar-refractivity contribution in [2.75, 3.05) is 13.7 Å². The van der Waals surface area contributed by atoms with Crippen molar-refractivity contribution in [2.45, 2.75) is 26.2 Å². The summed E-state index contributed by atoms with van der Waals surface area (Å²) in [5.41, 5.74) is 7.50. The van der Waals surface area contributed by atoms with Gasteiger partial charge in [-0.3, -0.25) is 0 Å². The van der Waals surface area contributed by atoms with Crippen molar-refractivity contribution in [3.8, 4) is 17.2 Å². The average molecular weight is 261 g/mol. The number of benzene rings is 1. The molecule has 0 aliphatic carbocycles. The zero-order chi connectivity index (χ0) is 13.8. The van der Waals surface area contributed by atoms with Crippen LogP contribution in [-0.2, 0) is 6.42 Å². The van der Waals surface area contributed by atoms with E-state index in [0.717, 1.165) is 11.3 Å². The van der Waals surface area contributed by atoms with Gasteiger partial charge in [0.15, 0.2) is 0 Å². The number of aromatic nitrogens is 2. The Kier molecular flexibility index (Phi) is 4.16. The zero-order valence-corrected chi connectivity index (χ0v) is 11.5. The SMILES string of the molecule is COc1ccc(C(C)C)cc1-c1nnc(CCN)o1. The molecule has 5 nitrogen and oxygen atoms in total. The van der Waals surface area contributed by atoms with Gasteiger partial charge in [0, 0.05) is 13.0 Å². The van der Waals surface area contributed by atoms with Crippen LogP contribution in [0.5, 0.6) is 5.75 Å². The summed E-state index contributed by atoms with van der Waals surface area (Å²) in [6, 6.07) is 6.00. The highest BCUT2D eigenvalue weighted by Gasteiger charge is 2.15. The first-order chi connectivity index (χ1) is 9.15. The summed E-state index contributed by atoms with van der Waals surface area (Å²) in [5.74, 6) is 2.18. The summed E-state index contributed by atoms with van der Waals surface area (Å²) in [4.78, 5) is 0. The van der Waals surface area contributed by atoms with Gasteiger partial charge >= 0.3 is 0 Å². The van der Waals surface area contributed by atoms with Crippen molar-refractivity contribution < 1.29 is 9.15 Å². The molecule has 0 radical (unpaired) electrons. The Balaban J connectivity index is 2.42. The van der Waals surface area contributed by atoms with Gasteiger partial charge < -0.3 is 14.9 Å². The van der Waals surface area contributed by atoms with Gasteiger partial charge in [0.1, 0.15) is 5.75 Å². The highest BCUT2D eigenvalue weighted by molar-refractivity contribution is 5.63. The molecule has 0 atom stereocenters. The molecule has 2 N–H and O–H groups in total. The van der Waals surface area contributed by atoms with Gasteiger partial charge in [0.2, 0.25) is 5.89 Å². The maximum Gasteiger partial charge on any atom is 0.251 e. The van der Waals surface area contributed by atoms with Crippen LogP contribution in [-0.4, -0.2) is 23.9 Å². The maximum absolute atomic E-state index is 5.61. The van der Waals surface area contributed by atoms with Gasteiger partial charge in [-0.1, -0.05) is 19.9 Å². The van der Waals surface area contributed by atoms with Crippen LogP contribution < -0.4 is 10.5 Å². The molecule has 0 fully saturated rings. The van der Waals surface area contributed by atoms with E-state index < -0.39 is 0 Å². The minimum atomic E-state index is 0.427. The van der Waals surface area contributed by atoms with Crippen LogP contribution >= 0.6 is 0 Å². The highest BCUT2D eigenvalue weighted by atomic mass is 16.5. The van der Waals surface area contributed by atoms with Gasteiger partial charge in [-0.25, -0.2) is 0 Å². The Hall–Kier alpha value is -1.88. The maximum atomic E-state index is 5.61. The molecule has 1 aromatic heterocycles. The summed E-state index contributed by atoms with van der Waals surface area (Å²) in [6.07, 6.45) is 0.583. The number of nitrogens with two attached hydrogens (primary N) is 1. The number of methoxy groups -OCH3 is 1. The minimum absolute atomic E-state index is 0.427. The fraction of sp³-hybridized carbons (Fsp3) is 0.429. The van der Waals surface area contributed by atoms with E-state index in [1.54, 1.807) is 7.11 Å². The van der Waals surface area contributed by atoms with Crippen molar-refractivity contribution in [2.24, 2.45) is 5.73 Å². The number of rotatable bonds is 5. The van der Waals surface area contributed by atoms with E-state index in [-0.39, 0.29) is 0 Å². The second-order valence-corrected chi connectivity index (χ2v) is 4.65. The predicted molar refractivity (Wildman–Crippen MR) is 73.1 cm³/mol. The standard InChI is InChI=1S/C14H19N3O2/c1-9(2)10-4-5-12(18-3)11(8-10)14-17-16-13(19-14)6-7-15/h4-5,8-9H,6-7,15H2,1-3H3. The molecule has 0 aliphatic heterocycles. The molecule has 19 heavy (non-hydrogen) atoms. The van der Waals surface area contributed by atoms with E-state index >= 15 is 0 Å². The van der Waals surface area contributed by atoms with E-state index in [1.807, 2.05) is 18.2 Å². The molecule has 2 aromatic rings. The quantitative estimate of drug-likeness (QED) is 0.894. The van der Waals surface area contributed by atoms with Gasteiger partial charge in [0.05, 0.1) is 12.7 Å². The Bertz CT molecular complexity index is 549. The summed E-state index contributed by atoms with van der Waals surface area (Å²) in [5, 5.41) is 8.04. The van der Waals surface area contributed by atoms with E-state index in [1.165, 1.54) is 5.56 Å². The molecule has 5 heteroatoms. The second kappa shape index (κ2) is 5.84. The molecule has 0 unspecified atom stereocenters. The summed E-state index contributed by atoms with van der Waals surface area (Å²) in [7, 11) is 1.63. The third kappa shape index (κ3) is 2.93. The van der Waals surface area contributed by atoms with Crippen LogP contribution in [0.25, 0.3) is 11.5 Å². The number of nitrogens with zero attached hydrogens (tertiary/aromatic N) is 2. The van der Waals surface area contributed by atoms with Crippen LogP contribution in [0, 0.1) is 0 Å². The lowest BCUT2D eigenvalue weighted by atomic mass is 10.0. The highest BCUT2D eigenvalue weighted by Crippen LogP contribution is 2.32. The van der Waals surface area contributed by atoms with E-state index in [4.69, 9.17) is 14.9 Å². The molecular formula is C14H19N3O2. The van der Waals surface area contributed by atoms with Crippen LogP contribution in [0.4, 0.5) is 0 Å². The normalized spacial score (nSPS) is 11.0. The molecule has 102 valence electrons. The first kappa shape index (κ1) is 13.5. The van der Waals surface area contributed by atoms with Gasteiger partial charge in [-0.15, -0.1) is 10.2 Å². The number of ether oxygens (including phenoxy) is 1. The topological polar surface area (TPSA) is 74.2 Å². The fourth-order valence-electron chi connectivity index (χ4n) is 1.84. The third-order valence-corrected chi connectivity index (χ3v) is 2.95. The van der Waals surface area contributed by atoms with Crippen molar-refractivity contribution in [1.29, 1.82) is 0 Å². The van der Waals surface area contributed by atoms with Crippen molar-refractivity contribution in [3.05, 3.63) is 29.7 Å². The van der Waals surface area contributed by atoms with Crippen molar-refractivity contribution in [3.63, 3.8) is 0 Å². The van der Waals surface area contributed by atoms with Crippen LogP contribution in [0.15, 0.2) is 22.6 Å². The lowest BCUT2D eigenvalue weighted by Crippen LogP contribution is -2.02. The Morgan fingerprint density at radius 3 is 2.74 bits per heavy atom. The predicted octanol–water partition coefficient (Wildman–Crippen LogP) is 2.37. The number of hydrogen-bond donors (Lipinski definition) is 1. The summed E-state index contributed by atoms with van der Waals surface area (Å²) >= 11 is 0. The molecule has 1 heterocycles. The molecule has 0 saturated carbocycles. The largest absolute Gasteiger partial charge is 0.496 e. The lowest BCUT2D eigenvalue weighted by molar-refractivity contribution is 0.413. The van der Waals surface area contributed by atoms with E-state index in [2.05, 4.69) is 24.0 Å². The van der Waals surface area contributed by atoms with Gasteiger partial charge in [0.25, 0.3) is 5.89 Å². The van der Waals surface area contributed by atoms with E-state index in [9.17, 15) is 0 Å². The third-order valence-electron chi connectivity index (χ3n) is 2.95. The smallest absolute Gasteiger partial charge is 0.251 e. The molecule has 0 bridgehead atoms. The second-order valence-electron chi connectivity index (χ2n) is 4.65.